The molecule has 0 rings (SSSR count). The quantitative estimate of drug-likeness (QED) is 0.154. The Balaban J connectivity index is 0. The predicted molar refractivity (Wildman–Crippen MR) is 121 cm³/mol. The van der Waals surface area contributed by atoms with Gasteiger partial charge in [-0.05, 0) is 33.0 Å². The largest absolute Gasteiger partial charge is 0.500 e. The molecule has 0 atom stereocenters. The van der Waals surface area contributed by atoms with E-state index in [4.69, 9.17) is 32.3 Å². The summed E-state index contributed by atoms with van der Waals surface area (Å²) in [5, 5.41) is 9.63. The highest BCUT2D eigenvalue weighted by Crippen LogP contribution is 2.14. The summed E-state index contributed by atoms with van der Waals surface area (Å²) < 4.78 is 31.8. The first kappa shape index (κ1) is 31.2. The second kappa shape index (κ2) is 21.3. The summed E-state index contributed by atoms with van der Waals surface area (Å²) in [6.45, 7) is 5.35. The monoisotopic (exact) mass is 458 g/mol. The van der Waals surface area contributed by atoms with E-state index in [0.29, 0.717) is 6.54 Å². The van der Waals surface area contributed by atoms with E-state index < -0.39 is 17.6 Å². The highest BCUT2D eigenvalue weighted by Gasteiger charge is 2.37. The van der Waals surface area contributed by atoms with E-state index in [0.717, 1.165) is 57.7 Å². The maximum absolute atomic E-state index is 5.36. The molecule has 10 nitrogen and oxygen atoms in total. The predicted octanol–water partition coefficient (Wildman–Crippen LogP) is -0.133. The normalized spacial score (nSPS) is 12.0. The lowest BCUT2D eigenvalue weighted by molar-refractivity contribution is 0.122. The molecule has 0 heterocycles. The van der Waals surface area contributed by atoms with Crippen LogP contribution in [-0.2, 0) is 26.6 Å². The van der Waals surface area contributed by atoms with Crippen LogP contribution in [0.25, 0.3) is 0 Å². The smallest absolute Gasteiger partial charge is 0.377 e. The molecule has 0 spiro atoms. The van der Waals surface area contributed by atoms with Gasteiger partial charge in [-0.25, -0.2) is 0 Å². The van der Waals surface area contributed by atoms with E-state index >= 15 is 0 Å². The molecule has 0 amide bonds. The fraction of sp³-hybridized carbons (Fsp3) is 1.00. The zero-order chi connectivity index (χ0) is 22.4. The molecule has 0 aliphatic heterocycles. The minimum absolute atomic E-state index is 0.684. The van der Waals surface area contributed by atoms with Crippen molar-refractivity contribution in [2.24, 2.45) is 5.73 Å². The third-order valence-electron chi connectivity index (χ3n) is 4.41. The van der Waals surface area contributed by atoms with Crippen molar-refractivity contribution in [1.82, 2.24) is 16.0 Å². The number of hydrogen-bond donors (Lipinski definition) is 4. The van der Waals surface area contributed by atoms with Gasteiger partial charge in [-0.15, -0.1) is 0 Å². The summed E-state index contributed by atoms with van der Waals surface area (Å²) >= 11 is 0. The van der Waals surface area contributed by atoms with Crippen molar-refractivity contribution >= 4 is 17.6 Å². The number of hydrogen-bond acceptors (Lipinski definition) is 10. The van der Waals surface area contributed by atoms with Crippen LogP contribution in [0, 0.1) is 0 Å². The van der Waals surface area contributed by atoms with Crippen molar-refractivity contribution < 1.29 is 26.6 Å². The zero-order valence-electron chi connectivity index (χ0n) is 19.6. The van der Waals surface area contributed by atoms with Crippen LogP contribution < -0.4 is 21.7 Å². The average Bonchev–Trinajstić information content (AvgIpc) is 2.77. The van der Waals surface area contributed by atoms with Crippen LogP contribution in [0.5, 0.6) is 0 Å². The fourth-order valence-corrected chi connectivity index (χ4v) is 6.00. The minimum atomic E-state index is -2.37. The molecule has 0 aromatic carbocycles. The highest BCUT2D eigenvalue weighted by molar-refractivity contribution is 6.60. The molecule has 12 heteroatoms. The number of nitrogens with two attached hydrogens (primary N) is 1. The molecule has 0 saturated heterocycles. The van der Waals surface area contributed by atoms with E-state index in [1.165, 1.54) is 0 Å². The maximum Gasteiger partial charge on any atom is 0.500 e. The molecule has 5 N–H and O–H groups in total. The van der Waals surface area contributed by atoms with Crippen molar-refractivity contribution in [1.29, 1.82) is 0 Å². The van der Waals surface area contributed by atoms with Crippen molar-refractivity contribution in [3.8, 4) is 0 Å². The summed E-state index contributed by atoms with van der Waals surface area (Å²) in [6, 6.07) is 1.69. The molecule has 0 aromatic heterocycles. The Kier molecular flexibility index (Phi) is 22.9. The zero-order valence-corrected chi connectivity index (χ0v) is 21.6. The Morgan fingerprint density at radius 2 is 0.966 bits per heavy atom. The second-order valence-electron chi connectivity index (χ2n) is 6.19. The van der Waals surface area contributed by atoms with Crippen LogP contribution in [0.15, 0.2) is 0 Å². The van der Waals surface area contributed by atoms with Gasteiger partial charge >= 0.3 is 17.6 Å². The second-order valence-corrected chi connectivity index (χ2v) is 12.4. The minimum Gasteiger partial charge on any atom is -0.377 e. The van der Waals surface area contributed by atoms with Crippen LogP contribution in [0.4, 0.5) is 0 Å². The van der Waals surface area contributed by atoms with Gasteiger partial charge in [0.1, 0.15) is 0 Å². The van der Waals surface area contributed by atoms with Gasteiger partial charge in [0.2, 0.25) is 0 Å². The average molecular weight is 459 g/mol. The Labute approximate surface area is 180 Å². The summed E-state index contributed by atoms with van der Waals surface area (Å²) in [4.78, 5) is 0. The molecule has 0 aliphatic carbocycles. The standard InChI is InChI=1S/C10H27N3O3Si.C7H19NO3Si/c1-14-17(15-2,16-3)10-4-6-12-8-9-13-7-5-11;1-8-6-5-7-12(9-2,10-3)11-4/h12-13H,4-11H2,1-3H3;8H,5-7H2,1-4H3. The Bertz CT molecular complexity index is 325. The van der Waals surface area contributed by atoms with Gasteiger partial charge in [0.15, 0.2) is 0 Å². The lowest BCUT2D eigenvalue weighted by Gasteiger charge is -2.24. The lowest BCUT2D eigenvalue weighted by atomic mass is 10.4. The van der Waals surface area contributed by atoms with Crippen LogP contribution in [0.2, 0.25) is 12.1 Å². The van der Waals surface area contributed by atoms with Crippen LogP contribution >= 0.6 is 0 Å². The molecule has 29 heavy (non-hydrogen) atoms. The Morgan fingerprint density at radius 1 is 0.586 bits per heavy atom. The Morgan fingerprint density at radius 3 is 1.31 bits per heavy atom. The van der Waals surface area contributed by atoms with E-state index in [9.17, 15) is 0 Å². The molecule has 0 fully saturated rings. The molecular weight excluding hydrogens is 412 g/mol. The van der Waals surface area contributed by atoms with Gasteiger partial charge in [0.05, 0.1) is 0 Å². The molecule has 0 radical (unpaired) electrons. The summed E-state index contributed by atoms with van der Waals surface area (Å²) in [6.07, 6.45) is 2.00. The van der Waals surface area contributed by atoms with Gasteiger partial charge < -0.3 is 48.2 Å². The first-order valence-corrected chi connectivity index (χ1v) is 13.9. The van der Waals surface area contributed by atoms with Crippen molar-refractivity contribution in [2.75, 3.05) is 89.0 Å². The van der Waals surface area contributed by atoms with E-state index in [2.05, 4.69) is 16.0 Å². The summed E-state index contributed by atoms with van der Waals surface area (Å²) in [5.74, 6) is 0. The summed E-state index contributed by atoms with van der Waals surface area (Å²) in [5.41, 5.74) is 5.36. The first-order chi connectivity index (χ1) is 14.0. The third kappa shape index (κ3) is 15.5. The highest BCUT2D eigenvalue weighted by atomic mass is 28.4. The molecule has 178 valence electrons. The maximum atomic E-state index is 5.36. The fourth-order valence-electron chi connectivity index (χ4n) is 2.55. The first-order valence-electron chi connectivity index (χ1n) is 10.1. The topological polar surface area (TPSA) is 117 Å². The van der Waals surface area contributed by atoms with E-state index in [1.54, 1.807) is 42.7 Å². The van der Waals surface area contributed by atoms with Crippen molar-refractivity contribution in [3.05, 3.63) is 0 Å². The SMILES string of the molecule is CNCCC[Si](OC)(OC)OC.CO[Si](CCCNCCNCCN)(OC)OC. The molecule has 0 aliphatic rings. The van der Waals surface area contributed by atoms with Crippen LogP contribution in [0.3, 0.4) is 0 Å². The summed E-state index contributed by atoms with van der Waals surface area (Å²) in [7, 11) is 7.10. The molecular formula is C17H46N4O6Si2. The lowest BCUT2D eigenvalue weighted by Crippen LogP contribution is -2.43. The molecule has 0 bridgehead atoms. The van der Waals surface area contributed by atoms with Crippen molar-refractivity contribution in [3.63, 3.8) is 0 Å². The van der Waals surface area contributed by atoms with E-state index in [1.807, 2.05) is 7.05 Å². The molecule has 0 unspecified atom stereocenters. The van der Waals surface area contributed by atoms with Gasteiger partial charge in [0, 0.05) is 80.9 Å². The van der Waals surface area contributed by atoms with Gasteiger partial charge in [-0.1, -0.05) is 0 Å². The van der Waals surface area contributed by atoms with Gasteiger partial charge in [-0.2, -0.15) is 0 Å². The third-order valence-corrected chi connectivity index (χ3v) is 10.1. The van der Waals surface area contributed by atoms with E-state index in [-0.39, 0.29) is 0 Å². The number of nitrogens with one attached hydrogen (secondary N) is 3. The van der Waals surface area contributed by atoms with Gasteiger partial charge in [0.25, 0.3) is 0 Å². The number of rotatable bonds is 19. The molecule has 0 saturated carbocycles. The van der Waals surface area contributed by atoms with Crippen molar-refractivity contribution in [2.45, 2.75) is 24.9 Å². The molecule has 0 aromatic rings. The van der Waals surface area contributed by atoms with Crippen LogP contribution in [0.1, 0.15) is 12.8 Å². The van der Waals surface area contributed by atoms with Crippen LogP contribution in [-0.4, -0.2) is 107 Å². The van der Waals surface area contributed by atoms with Gasteiger partial charge in [-0.3, -0.25) is 0 Å². The Hall–Kier alpha value is 0.0338.